The summed E-state index contributed by atoms with van der Waals surface area (Å²) in [4.78, 5) is 39.9. The molecule has 4 rings (SSSR count). The fourth-order valence-electron chi connectivity index (χ4n) is 3.09. The van der Waals surface area contributed by atoms with Crippen molar-refractivity contribution in [1.82, 2.24) is 4.98 Å². The third-order valence-electron chi connectivity index (χ3n) is 4.56. The van der Waals surface area contributed by atoms with Crippen LogP contribution in [0.4, 0.5) is 5.69 Å². The van der Waals surface area contributed by atoms with E-state index >= 15 is 0 Å². The number of aromatic hydroxyl groups is 1. The SMILES string of the molecule is O=C(c1ccccc1)c1ccc(NC(=O)c2c(O)c3ccccc3[nH]c2=O)cc1. The minimum absolute atomic E-state index is 0.132. The maximum Gasteiger partial charge on any atom is 0.265 e. The third-order valence-corrected chi connectivity index (χ3v) is 4.56. The number of rotatable bonds is 4. The van der Waals surface area contributed by atoms with Crippen LogP contribution in [0.3, 0.4) is 0 Å². The van der Waals surface area contributed by atoms with Crippen LogP contribution >= 0.6 is 0 Å². The Bertz CT molecular complexity index is 1280. The molecule has 3 N–H and O–H groups in total. The van der Waals surface area contributed by atoms with Crippen LogP contribution in [-0.4, -0.2) is 21.8 Å². The average molecular weight is 384 g/mol. The minimum atomic E-state index is -0.739. The largest absolute Gasteiger partial charge is 0.506 e. The van der Waals surface area contributed by atoms with Gasteiger partial charge in [-0.1, -0.05) is 42.5 Å². The fourth-order valence-corrected chi connectivity index (χ4v) is 3.09. The van der Waals surface area contributed by atoms with Gasteiger partial charge in [-0.25, -0.2) is 0 Å². The maximum absolute atomic E-state index is 12.6. The van der Waals surface area contributed by atoms with E-state index in [2.05, 4.69) is 10.3 Å². The predicted molar refractivity (Wildman–Crippen MR) is 111 cm³/mol. The number of H-pyrrole nitrogens is 1. The first-order valence-electron chi connectivity index (χ1n) is 8.90. The number of anilines is 1. The molecule has 4 aromatic rings. The van der Waals surface area contributed by atoms with Gasteiger partial charge < -0.3 is 15.4 Å². The van der Waals surface area contributed by atoms with Gasteiger partial charge in [0.25, 0.3) is 11.5 Å². The quantitative estimate of drug-likeness (QED) is 0.467. The molecule has 0 unspecified atom stereocenters. The Labute approximate surface area is 165 Å². The Kier molecular flexibility index (Phi) is 4.66. The minimum Gasteiger partial charge on any atom is -0.506 e. The number of aromatic amines is 1. The number of carbonyl (C=O) groups excluding carboxylic acids is 2. The van der Waals surface area contributed by atoms with Crippen molar-refractivity contribution in [2.75, 3.05) is 5.32 Å². The summed E-state index contributed by atoms with van der Waals surface area (Å²) < 4.78 is 0. The van der Waals surface area contributed by atoms with Gasteiger partial charge >= 0.3 is 0 Å². The van der Waals surface area contributed by atoms with Gasteiger partial charge in [-0.05, 0) is 36.4 Å². The van der Waals surface area contributed by atoms with Crippen molar-refractivity contribution < 1.29 is 14.7 Å². The number of hydrogen-bond donors (Lipinski definition) is 3. The summed E-state index contributed by atoms with van der Waals surface area (Å²) in [7, 11) is 0. The Hall–Kier alpha value is -4.19. The van der Waals surface area contributed by atoms with Crippen molar-refractivity contribution in [3.63, 3.8) is 0 Å². The van der Waals surface area contributed by atoms with E-state index in [0.29, 0.717) is 27.7 Å². The molecule has 1 heterocycles. The summed E-state index contributed by atoms with van der Waals surface area (Å²) in [6, 6.07) is 21.9. The van der Waals surface area contributed by atoms with E-state index in [4.69, 9.17) is 0 Å². The van der Waals surface area contributed by atoms with E-state index in [1.54, 1.807) is 72.8 Å². The molecule has 0 bridgehead atoms. The standard InChI is InChI=1S/C23H16N2O4/c26-20(14-6-2-1-3-7-14)15-10-12-16(13-11-15)24-22(28)19-21(27)17-8-4-5-9-18(17)25-23(19)29/h1-13H,(H,24,28)(H2,25,27,29). The molecule has 1 amide bonds. The Morgan fingerprint density at radius 1 is 0.793 bits per heavy atom. The highest BCUT2D eigenvalue weighted by molar-refractivity contribution is 6.10. The molecule has 0 fully saturated rings. The number of hydrogen-bond acceptors (Lipinski definition) is 4. The number of amides is 1. The second-order valence-electron chi connectivity index (χ2n) is 6.45. The van der Waals surface area contributed by atoms with Crippen molar-refractivity contribution in [2.45, 2.75) is 0 Å². The zero-order chi connectivity index (χ0) is 20.4. The number of para-hydroxylation sites is 1. The third kappa shape index (κ3) is 3.51. The molecule has 6 heteroatoms. The number of fused-ring (bicyclic) bond motifs is 1. The summed E-state index contributed by atoms with van der Waals surface area (Å²) in [6.45, 7) is 0. The second kappa shape index (κ2) is 7.44. The zero-order valence-corrected chi connectivity index (χ0v) is 15.2. The van der Waals surface area contributed by atoms with E-state index < -0.39 is 11.5 Å². The van der Waals surface area contributed by atoms with Gasteiger partial charge in [0.15, 0.2) is 5.78 Å². The molecule has 0 aliphatic carbocycles. The monoisotopic (exact) mass is 384 g/mol. The second-order valence-corrected chi connectivity index (χ2v) is 6.45. The van der Waals surface area contributed by atoms with Crippen molar-refractivity contribution in [3.8, 4) is 5.75 Å². The van der Waals surface area contributed by atoms with Gasteiger partial charge in [0.1, 0.15) is 11.3 Å². The van der Waals surface area contributed by atoms with Gasteiger partial charge in [-0.2, -0.15) is 0 Å². The molecule has 3 aromatic carbocycles. The average Bonchev–Trinajstić information content (AvgIpc) is 2.74. The molecular weight excluding hydrogens is 368 g/mol. The van der Waals surface area contributed by atoms with Crippen LogP contribution in [0.25, 0.3) is 10.9 Å². The molecule has 0 aliphatic rings. The summed E-state index contributed by atoms with van der Waals surface area (Å²) in [5, 5.41) is 13.4. The molecule has 142 valence electrons. The molecule has 6 nitrogen and oxygen atoms in total. The number of ketones is 1. The lowest BCUT2D eigenvalue weighted by Gasteiger charge is -2.09. The summed E-state index contributed by atoms with van der Waals surface area (Å²) in [5.74, 6) is -1.25. The smallest absolute Gasteiger partial charge is 0.265 e. The molecule has 0 atom stereocenters. The Balaban J connectivity index is 1.59. The van der Waals surface area contributed by atoms with Crippen molar-refractivity contribution in [3.05, 3.63) is 106 Å². The maximum atomic E-state index is 12.6. The molecule has 1 aromatic heterocycles. The molecule has 0 aliphatic heterocycles. The fraction of sp³-hybridized carbons (Fsp3) is 0. The lowest BCUT2D eigenvalue weighted by Crippen LogP contribution is -2.23. The highest BCUT2D eigenvalue weighted by atomic mass is 16.3. The number of pyridine rings is 1. The predicted octanol–water partition coefficient (Wildman–Crippen LogP) is 3.72. The molecule has 0 radical (unpaired) electrons. The topological polar surface area (TPSA) is 99.3 Å². The zero-order valence-electron chi connectivity index (χ0n) is 15.2. The van der Waals surface area contributed by atoms with Crippen molar-refractivity contribution in [1.29, 1.82) is 0 Å². The van der Waals surface area contributed by atoms with Crippen LogP contribution in [-0.2, 0) is 0 Å². The molecule has 0 saturated carbocycles. The first kappa shape index (κ1) is 18.2. The highest BCUT2D eigenvalue weighted by Gasteiger charge is 2.19. The first-order valence-corrected chi connectivity index (χ1v) is 8.90. The van der Waals surface area contributed by atoms with Crippen molar-refractivity contribution >= 4 is 28.3 Å². The number of nitrogens with one attached hydrogen (secondary N) is 2. The number of benzene rings is 3. The summed E-state index contributed by atoms with van der Waals surface area (Å²) >= 11 is 0. The summed E-state index contributed by atoms with van der Waals surface area (Å²) in [5.41, 5.74) is 0.821. The van der Waals surface area contributed by atoms with Crippen LogP contribution in [0.15, 0.2) is 83.7 Å². The van der Waals surface area contributed by atoms with Crippen LogP contribution < -0.4 is 10.9 Å². The normalized spacial score (nSPS) is 10.6. The molecule has 0 saturated heterocycles. The lowest BCUT2D eigenvalue weighted by molar-refractivity contribution is 0.102. The number of carbonyl (C=O) groups is 2. The number of aromatic nitrogens is 1. The highest BCUT2D eigenvalue weighted by Crippen LogP contribution is 2.25. The Morgan fingerprint density at radius 3 is 2.14 bits per heavy atom. The van der Waals surface area contributed by atoms with Gasteiger partial charge in [-0.15, -0.1) is 0 Å². The Morgan fingerprint density at radius 2 is 1.41 bits per heavy atom. The van der Waals surface area contributed by atoms with Gasteiger partial charge in [-0.3, -0.25) is 14.4 Å². The van der Waals surface area contributed by atoms with Crippen LogP contribution in [0.5, 0.6) is 5.75 Å². The van der Waals surface area contributed by atoms with E-state index in [9.17, 15) is 19.5 Å². The van der Waals surface area contributed by atoms with Gasteiger partial charge in [0, 0.05) is 22.2 Å². The van der Waals surface area contributed by atoms with Crippen LogP contribution in [0.2, 0.25) is 0 Å². The lowest BCUT2D eigenvalue weighted by atomic mass is 10.0. The van der Waals surface area contributed by atoms with E-state index in [-0.39, 0.29) is 17.1 Å². The molecule has 0 spiro atoms. The van der Waals surface area contributed by atoms with Crippen LogP contribution in [0.1, 0.15) is 26.3 Å². The van der Waals surface area contributed by atoms with Crippen LogP contribution in [0, 0.1) is 0 Å². The van der Waals surface area contributed by atoms with E-state index in [0.717, 1.165) is 0 Å². The first-order chi connectivity index (χ1) is 14.0. The summed E-state index contributed by atoms with van der Waals surface area (Å²) in [6.07, 6.45) is 0. The molecular formula is C23H16N2O4. The van der Waals surface area contributed by atoms with Crippen molar-refractivity contribution in [2.24, 2.45) is 0 Å². The van der Waals surface area contributed by atoms with E-state index in [1.165, 1.54) is 0 Å². The molecule has 29 heavy (non-hydrogen) atoms. The van der Waals surface area contributed by atoms with E-state index in [1.807, 2.05) is 6.07 Å². The van der Waals surface area contributed by atoms with Gasteiger partial charge in [0.05, 0.1) is 5.52 Å². The van der Waals surface area contributed by atoms with Gasteiger partial charge in [0.2, 0.25) is 0 Å².